The van der Waals surface area contributed by atoms with E-state index in [9.17, 15) is 19.2 Å². The Hall–Kier alpha value is -2.60. The Morgan fingerprint density at radius 2 is 0.907 bits per heavy atom. The lowest BCUT2D eigenvalue weighted by Crippen LogP contribution is -2.35. The van der Waals surface area contributed by atoms with Gasteiger partial charge in [0.1, 0.15) is 12.2 Å². The summed E-state index contributed by atoms with van der Waals surface area (Å²) in [6.45, 7) is 12.6. The van der Waals surface area contributed by atoms with Crippen molar-refractivity contribution in [1.29, 1.82) is 0 Å². The molecule has 2 unspecified atom stereocenters. The highest BCUT2D eigenvalue weighted by atomic mass is 16.6. The number of ether oxygens (including phenoxy) is 4. The van der Waals surface area contributed by atoms with E-state index in [2.05, 4.69) is 34.3 Å². The van der Waals surface area contributed by atoms with E-state index in [4.69, 9.17) is 18.9 Å². The Morgan fingerprint density at radius 3 is 1.30 bits per heavy atom. The average Bonchev–Trinajstić information content (AvgIpc) is 3.15. The van der Waals surface area contributed by atoms with Gasteiger partial charge in [-0.25, -0.2) is 9.59 Å². The van der Waals surface area contributed by atoms with E-state index in [-0.39, 0.29) is 49.2 Å². The number of likely N-dealkylation sites (N-methyl/N-ethyl adjacent to an activating group) is 1. The summed E-state index contributed by atoms with van der Waals surface area (Å²) >= 11 is 0. The first kappa shape index (κ1) is 51.4. The molecule has 54 heavy (non-hydrogen) atoms. The second kappa shape index (κ2) is 37.3. The van der Waals surface area contributed by atoms with Crippen LogP contribution in [0.4, 0.5) is 9.59 Å². The van der Waals surface area contributed by atoms with Gasteiger partial charge in [0, 0.05) is 39.3 Å². The number of rotatable bonds is 37. The molecule has 0 rings (SSSR count). The molecule has 0 bridgehead atoms. The zero-order chi connectivity index (χ0) is 40.1. The number of nitrogens with zero attached hydrogens (tertiary/aromatic N) is 2. The minimum absolute atomic E-state index is 0.0454. The van der Waals surface area contributed by atoms with Gasteiger partial charge in [-0.05, 0) is 78.3 Å². The molecule has 12 heteroatoms. The molecule has 0 saturated heterocycles. The Balaban J connectivity index is 4.13. The number of alkyl carbamates (subject to hydrolysis) is 2. The quantitative estimate of drug-likeness (QED) is 0.0359. The summed E-state index contributed by atoms with van der Waals surface area (Å²) < 4.78 is 22.0. The van der Waals surface area contributed by atoms with Crippen LogP contribution in [0.5, 0.6) is 0 Å². The van der Waals surface area contributed by atoms with Crippen LogP contribution in [-0.4, -0.2) is 113 Å². The van der Waals surface area contributed by atoms with E-state index in [1.807, 2.05) is 27.9 Å². The molecule has 0 aliphatic rings. The summed E-state index contributed by atoms with van der Waals surface area (Å²) in [5, 5.41) is 5.63. The predicted octanol–water partition coefficient (Wildman–Crippen LogP) is 8.79. The highest BCUT2D eigenvalue weighted by molar-refractivity contribution is 5.70. The van der Waals surface area contributed by atoms with Crippen LogP contribution in [0.3, 0.4) is 0 Å². The van der Waals surface area contributed by atoms with Gasteiger partial charge in [-0.1, -0.05) is 91.9 Å². The molecule has 0 aliphatic heterocycles. The van der Waals surface area contributed by atoms with Crippen LogP contribution >= 0.6 is 0 Å². The molecular weight excluding hydrogens is 688 g/mol. The van der Waals surface area contributed by atoms with Crippen LogP contribution in [0.2, 0.25) is 0 Å². The normalized spacial score (nSPS) is 12.4. The van der Waals surface area contributed by atoms with E-state index in [0.29, 0.717) is 71.6 Å². The summed E-state index contributed by atoms with van der Waals surface area (Å²) in [5.41, 5.74) is 0. The molecule has 2 atom stereocenters. The molecule has 0 aliphatic carbocycles. The maximum atomic E-state index is 12.4. The van der Waals surface area contributed by atoms with Gasteiger partial charge in [0.25, 0.3) is 0 Å². The minimum atomic E-state index is -0.378. The largest absolute Gasteiger partial charge is 0.466 e. The monoisotopic (exact) mass is 771 g/mol. The molecule has 0 aromatic rings. The lowest BCUT2D eigenvalue weighted by atomic mass is 10.1. The summed E-state index contributed by atoms with van der Waals surface area (Å²) in [6.07, 6.45) is 20.4. The van der Waals surface area contributed by atoms with E-state index in [1.54, 1.807) is 0 Å². The molecule has 0 fully saturated rings. The maximum absolute atomic E-state index is 12.4. The van der Waals surface area contributed by atoms with Gasteiger partial charge in [-0.15, -0.1) is 0 Å². The molecular formula is C42H82N4O8. The van der Waals surface area contributed by atoms with E-state index in [0.717, 1.165) is 45.1 Å². The summed E-state index contributed by atoms with van der Waals surface area (Å²) in [5.74, 6) is -0.554. The molecule has 2 N–H and O–H groups in total. The topological polar surface area (TPSA) is 136 Å². The van der Waals surface area contributed by atoms with Crippen LogP contribution in [0.15, 0.2) is 0 Å². The number of carbonyl (C=O) groups excluding carboxylic acids is 4. The van der Waals surface area contributed by atoms with Gasteiger partial charge in [0.05, 0.1) is 26.1 Å². The predicted molar refractivity (Wildman–Crippen MR) is 218 cm³/mol. The van der Waals surface area contributed by atoms with E-state index >= 15 is 0 Å². The fourth-order valence-corrected chi connectivity index (χ4v) is 5.91. The Morgan fingerprint density at radius 1 is 0.500 bits per heavy atom. The molecule has 0 spiro atoms. The number of esters is 2. The van der Waals surface area contributed by atoms with Crippen molar-refractivity contribution < 1.29 is 38.1 Å². The van der Waals surface area contributed by atoms with Crippen LogP contribution in [0.1, 0.15) is 169 Å². The van der Waals surface area contributed by atoms with Crippen molar-refractivity contribution in [2.75, 3.05) is 66.6 Å². The fourth-order valence-electron chi connectivity index (χ4n) is 5.91. The third kappa shape index (κ3) is 33.9. The van der Waals surface area contributed by atoms with Crippen LogP contribution in [-0.2, 0) is 28.5 Å². The average molecular weight is 771 g/mol. The van der Waals surface area contributed by atoms with Gasteiger partial charge >= 0.3 is 24.1 Å². The van der Waals surface area contributed by atoms with Gasteiger partial charge in [0.15, 0.2) is 0 Å². The van der Waals surface area contributed by atoms with Gasteiger partial charge in [-0.2, -0.15) is 0 Å². The zero-order valence-electron chi connectivity index (χ0n) is 35.5. The number of nitrogens with one attached hydrogen (secondary N) is 2. The highest BCUT2D eigenvalue weighted by Gasteiger charge is 2.15. The second-order valence-electron chi connectivity index (χ2n) is 14.8. The van der Waals surface area contributed by atoms with Gasteiger partial charge in [0.2, 0.25) is 0 Å². The Labute approximate surface area is 329 Å². The Kier molecular flexibility index (Phi) is 35.5. The van der Waals surface area contributed by atoms with Crippen molar-refractivity contribution in [1.82, 2.24) is 20.4 Å². The van der Waals surface area contributed by atoms with Crippen molar-refractivity contribution in [2.45, 2.75) is 181 Å². The second-order valence-corrected chi connectivity index (χ2v) is 14.8. The molecule has 0 radical (unpaired) electrons. The zero-order valence-corrected chi connectivity index (χ0v) is 35.5. The smallest absolute Gasteiger partial charge is 0.407 e. The first-order chi connectivity index (χ1) is 26.1. The summed E-state index contributed by atoms with van der Waals surface area (Å²) in [4.78, 5) is 53.4. The van der Waals surface area contributed by atoms with Crippen molar-refractivity contribution in [3.05, 3.63) is 0 Å². The number of hydrogen-bond donors (Lipinski definition) is 2. The summed E-state index contributed by atoms with van der Waals surface area (Å²) in [7, 11) is 3.97. The van der Waals surface area contributed by atoms with Crippen LogP contribution in [0, 0.1) is 0 Å². The fraction of sp³-hybridized carbons (Fsp3) is 0.905. The third-order valence-corrected chi connectivity index (χ3v) is 9.55. The maximum Gasteiger partial charge on any atom is 0.407 e. The first-order valence-electron chi connectivity index (χ1n) is 21.7. The third-order valence-electron chi connectivity index (χ3n) is 9.55. The number of hydrogen-bond acceptors (Lipinski definition) is 10. The van der Waals surface area contributed by atoms with Gasteiger partial charge < -0.3 is 39.4 Å². The van der Waals surface area contributed by atoms with Crippen molar-refractivity contribution >= 4 is 24.1 Å². The minimum Gasteiger partial charge on any atom is -0.466 e. The molecule has 318 valence electrons. The van der Waals surface area contributed by atoms with E-state index in [1.165, 1.54) is 64.2 Å². The van der Waals surface area contributed by atoms with Crippen LogP contribution in [0.25, 0.3) is 0 Å². The molecule has 2 amide bonds. The molecule has 0 aromatic heterocycles. The lowest BCUT2D eigenvalue weighted by molar-refractivity contribution is -0.144. The molecule has 12 nitrogen and oxygen atoms in total. The molecule has 0 saturated carbocycles. The highest BCUT2D eigenvalue weighted by Crippen LogP contribution is 2.14. The van der Waals surface area contributed by atoms with Crippen molar-refractivity contribution in [3.8, 4) is 0 Å². The van der Waals surface area contributed by atoms with Crippen molar-refractivity contribution in [2.24, 2.45) is 0 Å². The lowest BCUT2D eigenvalue weighted by Gasteiger charge is -2.23. The van der Waals surface area contributed by atoms with Crippen LogP contribution < -0.4 is 10.6 Å². The molecule has 0 aromatic carbocycles. The SMILES string of the molecule is CCCCCCCCC(CC)OC(=O)NCCCCOC(=O)CCN(CCC(=O)OCCCCNC(=O)OC(CC)CCCCCCCC)CCN(C)C. The Bertz CT molecular complexity index is 857. The number of carbonyl (C=O) groups is 4. The van der Waals surface area contributed by atoms with Crippen molar-refractivity contribution in [3.63, 3.8) is 0 Å². The first-order valence-corrected chi connectivity index (χ1v) is 21.7. The van der Waals surface area contributed by atoms with E-state index < -0.39 is 0 Å². The molecule has 0 heterocycles. The number of unbranched alkanes of at least 4 members (excludes halogenated alkanes) is 12. The number of amides is 2. The van der Waals surface area contributed by atoms with Gasteiger partial charge in [-0.3, -0.25) is 9.59 Å². The standard InChI is InChI=1S/C42H82N4O8/c1-7-11-13-15-17-19-25-37(9-3)53-41(49)43-29-21-23-35-51-39(47)27-31-46(34-33-45(5)6)32-28-40(48)52-36-24-22-30-44-42(50)54-38(10-4)26-20-18-16-14-12-8-2/h37-38H,7-36H2,1-6H3,(H,43,49)(H,44,50). The summed E-state index contributed by atoms with van der Waals surface area (Å²) in [6, 6.07) is 0.